The molecule has 7 nitrogen and oxygen atoms in total. The lowest BCUT2D eigenvalue weighted by Gasteiger charge is -2.19. The minimum absolute atomic E-state index is 0.348. The summed E-state index contributed by atoms with van der Waals surface area (Å²) in [5, 5.41) is 1.86. The molecule has 2 amide bonds. The van der Waals surface area contributed by atoms with Gasteiger partial charge in [-0.15, -0.1) is 0 Å². The normalized spacial score (nSPS) is 16.7. The van der Waals surface area contributed by atoms with Crippen LogP contribution < -0.4 is 10.2 Å². The molecule has 112 valence electrons. The molecule has 0 saturated carbocycles. The minimum Gasteiger partial charge on any atom is -0.343 e. The van der Waals surface area contributed by atoms with Gasteiger partial charge in [-0.25, -0.2) is 9.97 Å². The Bertz CT molecular complexity index is 588. The van der Waals surface area contributed by atoms with Crippen LogP contribution in [0.15, 0.2) is 17.2 Å². The van der Waals surface area contributed by atoms with Gasteiger partial charge < -0.3 is 9.80 Å². The number of carbonyl (C=O) groups is 2. The number of likely N-dealkylation sites (N-methyl/N-ethyl adjacent to an activating group) is 2. The number of imide groups is 1. The summed E-state index contributed by atoms with van der Waals surface area (Å²) in [5.41, 5.74) is 0.601. The number of nitrogens with zero attached hydrogens (tertiary/aromatic N) is 4. The molecule has 2 rings (SSSR count). The van der Waals surface area contributed by atoms with Gasteiger partial charge in [0.05, 0.1) is 10.6 Å². The Kier molecular flexibility index (Phi) is 4.92. The van der Waals surface area contributed by atoms with E-state index in [1.54, 1.807) is 18.3 Å². The van der Waals surface area contributed by atoms with Crippen LogP contribution in [-0.4, -0.2) is 60.2 Å². The number of thioether (sulfide) groups is 1. The van der Waals surface area contributed by atoms with Crippen molar-refractivity contribution in [1.29, 1.82) is 0 Å². The monoisotopic (exact) mass is 307 g/mol. The molecule has 1 aromatic rings. The van der Waals surface area contributed by atoms with Gasteiger partial charge in [-0.2, -0.15) is 0 Å². The van der Waals surface area contributed by atoms with Gasteiger partial charge in [-0.1, -0.05) is 0 Å². The van der Waals surface area contributed by atoms with Crippen LogP contribution in [0.2, 0.25) is 0 Å². The second kappa shape index (κ2) is 6.68. The van der Waals surface area contributed by atoms with Gasteiger partial charge in [0, 0.05) is 26.3 Å². The van der Waals surface area contributed by atoms with Crippen molar-refractivity contribution in [2.75, 3.05) is 39.1 Å². The standard InChI is InChI=1S/C13H17N5O2S/c1-17(2)6-7-18(3)12-14-5-4-9(15-12)8-10-11(19)16-13(20)21-10/h4-5,8H,6-7H2,1-3H3,(H,16,19,20)/b10-8-. The number of nitrogens with one attached hydrogen (secondary N) is 1. The fourth-order valence-corrected chi connectivity index (χ4v) is 2.30. The maximum Gasteiger partial charge on any atom is 0.290 e. The molecule has 1 N–H and O–H groups in total. The summed E-state index contributed by atoms with van der Waals surface area (Å²) in [5.74, 6) is 0.201. The van der Waals surface area contributed by atoms with Crippen molar-refractivity contribution in [1.82, 2.24) is 20.2 Å². The van der Waals surface area contributed by atoms with E-state index in [1.165, 1.54) is 0 Å². The molecule has 0 radical (unpaired) electrons. The summed E-state index contributed by atoms with van der Waals surface area (Å²) in [6, 6.07) is 1.70. The number of rotatable bonds is 5. The molecule has 1 saturated heterocycles. The Balaban J connectivity index is 2.12. The Hall–Kier alpha value is -1.93. The van der Waals surface area contributed by atoms with Crippen molar-refractivity contribution in [3.8, 4) is 0 Å². The van der Waals surface area contributed by atoms with Crippen LogP contribution >= 0.6 is 11.8 Å². The lowest BCUT2D eigenvalue weighted by atomic mass is 10.3. The van der Waals surface area contributed by atoms with Gasteiger partial charge >= 0.3 is 0 Å². The summed E-state index contributed by atoms with van der Waals surface area (Å²) >= 11 is 0.878. The summed E-state index contributed by atoms with van der Waals surface area (Å²) in [6.07, 6.45) is 3.23. The Labute approximate surface area is 127 Å². The molecule has 0 aromatic carbocycles. The number of carbonyl (C=O) groups excluding carboxylic acids is 2. The van der Waals surface area contributed by atoms with E-state index in [0.717, 1.165) is 24.9 Å². The molecular formula is C13H17N5O2S. The largest absolute Gasteiger partial charge is 0.343 e. The van der Waals surface area contributed by atoms with Crippen LogP contribution in [0.3, 0.4) is 0 Å². The zero-order valence-corrected chi connectivity index (χ0v) is 13.0. The number of amides is 2. The molecule has 1 fully saturated rings. The lowest BCUT2D eigenvalue weighted by Crippen LogP contribution is -2.29. The number of hydrogen-bond donors (Lipinski definition) is 1. The van der Waals surface area contributed by atoms with Gasteiger partial charge in [-0.05, 0) is 38.0 Å². The minimum atomic E-state index is -0.383. The van der Waals surface area contributed by atoms with E-state index < -0.39 is 0 Å². The van der Waals surface area contributed by atoms with Crippen LogP contribution in [0.5, 0.6) is 0 Å². The predicted molar refractivity (Wildman–Crippen MR) is 83.0 cm³/mol. The lowest BCUT2D eigenvalue weighted by molar-refractivity contribution is -0.115. The van der Waals surface area contributed by atoms with E-state index in [0.29, 0.717) is 16.5 Å². The van der Waals surface area contributed by atoms with E-state index in [-0.39, 0.29) is 11.1 Å². The molecule has 8 heteroatoms. The highest BCUT2D eigenvalue weighted by molar-refractivity contribution is 8.18. The van der Waals surface area contributed by atoms with Crippen molar-refractivity contribution < 1.29 is 9.59 Å². The maximum absolute atomic E-state index is 11.5. The van der Waals surface area contributed by atoms with Crippen molar-refractivity contribution >= 4 is 34.9 Å². The van der Waals surface area contributed by atoms with Gasteiger partial charge in [0.15, 0.2) is 0 Å². The first kappa shape index (κ1) is 15.5. The van der Waals surface area contributed by atoms with Crippen molar-refractivity contribution in [2.24, 2.45) is 0 Å². The molecule has 0 unspecified atom stereocenters. The molecule has 2 heterocycles. The molecule has 0 spiro atoms. The van der Waals surface area contributed by atoms with E-state index in [9.17, 15) is 9.59 Å². The predicted octanol–water partition coefficient (Wildman–Crippen LogP) is 0.798. The Morgan fingerprint density at radius 1 is 1.29 bits per heavy atom. The summed E-state index contributed by atoms with van der Waals surface area (Å²) < 4.78 is 0. The van der Waals surface area contributed by atoms with Gasteiger partial charge in [0.1, 0.15) is 0 Å². The van der Waals surface area contributed by atoms with E-state index in [4.69, 9.17) is 0 Å². The Morgan fingerprint density at radius 2 is 2.05 bits per heavy atom. The topological polar surface area (TPSA) is 78.4 Å². The third-order valence-electron chi connectivity index (χ3n) is 2.81. The maximum atomic E-state index is 11.5. The number of anilines is 1. The smallest absolute Gasteiger partial charge is 0.290 e. The second-order valence-corrected chi connectivity index (χ2v) is 5.87. The molecule has 21 heavy (non-hydrogen) atoms. The summed E-state index contributed by atoms with van der Waals surface area (Å²) in [6.45, 7) is 1.68. The quantitative estimate of drug-likeness (QED) is 0.806. The first-order valence-corrected chi connectivity index (χ1v) is 7.21. The van der Waals surface area contributed by atoms with Gasteiger partial charge in [0.25, 0.3) is 11.1 Å². The van der Waals surface area contributed by atoms with Crippen LogP contribution in [0.1, 0.15) is 5.69 Å². The fourth-order valence-electron chi connectivity index (χ4n) is 1.63. The highest BCUT2D eigenvalue weighted by Crippen LogP contribution is 2.25. The number of hydrogen-bond acceptors (Lipinski definition) is 7. The molecule has 0 bridgehead atoms. The van der Waals surface area contributed by atoms with Crippen molar-refractivity contribution in [3.05, 3.63) is 22.9 Å². The molecule has 1 aliphatic rings. The molecule has 0 atom stereocenters. The SMILES string of the molecule is CN(C)CCN(C)c1nccc(/C=C2\SC(=O)NC2=O)n1. The van der Waals surface area contributed by atoms with E-state index in [1.807, 2.05) is 26.0 Å². The van der Waals surface area contributed by atoms with Crippen LogP contribution in [-0.2, 0) is 4.79 Å². The van der Waals surface area contributed by atoms with Crippen LogP contribution in [0.25, 0.3) is 6.08 Å². The van der Waals surface area contributed by atoms with Crippen LogP contribution in [0, 0.1) is 0 Å². The zero-order chi connectivity index (χ0) is 15.4. The molecule has 0 aliphatic carbocycles. The fraction of sp³-hybridized carbons (Fsp3) is 0.385. The van der Waals surface area contributed by atoms with Gasteiger partial charge in [-0.3, -0.25) is 14.9 Å². The molecule has 1 aliphatic heterocycles. The first-order chi connectivity index (χ1) is 9.95. The third kappa shape index (κ3) is 4.27. The highest BCUT2D eigenvalue weighted by atomic mass is 32.2. The van der Waals surface area contributed by atoms with E-state index in [2.05, 4.69) is 20.2 Å². The second-order valence-electron chi connectivity index (χ2n) is 4.86. The van der Waals surface area contributed by atoms with Gasteiger partial charge in [0.2, 0.25) is 5.95 Å². The average molecular weight is 307 g/mol. The zero-order valence-electron chi connectivity index (χ0n) is 12.2. The summed E-state index contributed by atoms with van der Waals surface area (Å²) in [4.78, 5) is 35.6. The third-order valence-corrected chi connectivity index (χ3v) is 3.62. The summed E-state index contributed by atoms with van der Waals surface area (Å²) in [7, 11) is 5.92. The van der Waals surface area contributed by atoms with Crippen molar-refractivity contribution in [3.63, 3.8) is 0 Å². The first-order valence-electron chi connectivity index (χ1n) is 6.39. The van der Waals surface area contributed by atoms with Crippen molar-refractivity contribution in [2.45, 2.75) is 0 Å². The molecule has 1 aromatic heterocycles. The Morgan fingerprint density at radius 3 is 2.67 bits per heavy atom. The molecular weight excluding hydrogens is 290 g/mol. The van der Waals surface area contributed by atoms with E-state index >= 15 is 0 Å². The average Bonchev–Trinajstić information content (AvgIpc) is 2.74. The van der Waals surface area contributed by atoms with Crippen LogP contribution in [0.4, 0.5) is 10.7 Å². The highest BCUT2D eigenvalue weighted by Gasteiger charge is 2.25. The number of aromatic nitrogens is 2.